The molecule has 1 saturated heterocycles. The Labute approximate surface area is 124 Å². The minimum atomic E-state index is -0.383. The number of carbonyl (C=O) groups is 2. The number of hydrogen-bond acceptors (Lipinski definition) is 4. The van der Waals surface area contributed by atoms with E-state index in [-0.39, 0.29) is 17.9 Å². The fourth-order valence-electron chi connectivity index (χ4n) is 1.84. The molecule has 1 aliphatic rings. The number of carbonyl (C=O) groups excluding carboxylic acids is 2. The molecule has 2 heterocycles. The van der Waals surface area contributed by atoms with Crippen LogP contribution in [0, 0.1) is 0 Å². The van der Waals surface area contributed by atoms with Crippen LogP contribution in [0.5, 0.6) is 0 Å². The lowest BCUT2D eigenvalue weighted by Crippen LogP contribution is -2.46. The highest BCUT2D eigenvalue weighted by atomic mass is 79.9. The zero-order valence-electron chi connectivity index (χ0n) is 10.7. The van der Waals surface area contributed by atoms with Crippen LogP contribution in [0.3, 0.4) is 0 Å². The average Bonchev–Trinajstić information content (AvgIpc) is 2.85. The summed E-state index contributed by atoms with van der Waals surface area (Å²) >= 11 is 4.88. The van der Waals surface area contributed by atoms with Gasteiger partial charge in [0.2, 0.25) is 5.91 Å². The van der Waals surface area contributed by atoms with Gasteiger partial charge < -0.3 is 9.80 Å². The molecular weight excluding hydrogens is 330 g/mol. The summed E-state index contributed by atoms with van der Waals surface area (Å²) in [6, 6.07) is 1.33. The van der Waals surface area contributed by atoms with Gasteiger partial charge in [-0.2, -0.15) is 0 Å². The molecule has 7 heteroatoms. The highest BCUT2D eigenvalue weighted by Crippen LogP contribution is 2.24. The Morgan fingerprint density at radius 2 is 2.21 bits per heavy atom. The zero-order chi connectivity index (χ0) is 14.0. The first kappa shape index (κ1) is 14.3. The standard InChI is InChI=1S/C12H14BrN3O2S/c1-15(2)12(18)10-6-19-7-16(10)11(17)8-3-9(13)5-14-4-8/h3-5,10H,6-7H2,1-2H3. The van der Waals surface area contributed by atoms with Gasteiger partial charge in [-0.25, -0.2) is 0 Å². The Balaban J connectivity index is 2.21. The predicted octanol–water partition coefficient (Wildman–Crippen LogP) is 1.45. The Bertz CT molecular complexity index is 510. The molecule has 0 bridgehead atoms. The molecule has 0 spiro atoms. The second-order valence-corrected chi connectivity index (χ2v) is 6.33. The molecule has 1 aromatic rings. The van der Waals surface area contributed by atoms with Gasteiger partial charge in [0.25, 0.3) is 5.91 Å². The lowest BCUT2D eigenvalue weighted by Gasteiger charge is -2.25. The molecule has 1 atom stereocenters. The number of hydrogen-bond donors (Lipinski definition) is 0. The van der Waals surface area contributed by atoms with E-state index in [0.29, 0.717) is 17.2 Å². The van der Waals surface area contributed by atoms with Gasteiger partial charge in [0, 0.05) is 36.7 Å². The second kappa shape index (κ2) is 5.92. The number of halogens is 1. The van der Waals surface area contributed by atoms with Crippen molar-refractivity contribution in [3.63, 3.8) is 0 Å². The first-order valence-corrected chi connectivity index (χ1v) is 7.66. The summed E-state index contributed by atoms with van der Waals surface area (Å²) in [7, 11) is 3.41. The Morgan fingerprint density at radius 1 is 1.47 bits per heavy atom. The van der Waals surface area contributed by atoms with E-state index in [0.717, 1.165) is 4.47 Å². The number of rotatable bonds is 2. The van der Waals surface area contributed by atoms with Gasteiger partial charge in [0.1, 0.15) is 6.04 Å². The molecule has 2 rings (SSSR count). The first-order valence-electron chi connectivity index (χ1n) is 5.71. The van der Waals surface area contributed by atoms with Gasteiger partial charge in [-0.05, 0) is 22.0 Å². The van der Waals surface area contributed by atoms with Crippen LogP contribution < -0.4 is 0 Å². The molecular formula is C12H14BrN3O2S. The van der Waals surface area contributed by atoms with Crippen LogP contribution >= 0.6 is 27.7 Å². The smallest absolute Gasteiger partial charge is 0.256 e. The minimum Gasteiger partial charge on any atom is -0.347 e. The summed E-state index contributed by atoms with van der Waals surface area (Å²) in [6.45, 7) is 0. The number of likely N-dealkylation sites (N-methyl/N-ethyl adjacent to an activating group) is 1. The summed E-state index contributed by atoms with van der Waals surface area (Å²) in [4.78, 5) is 31.6. The SMILES string of the molecule is CN(C)C(=O)C1CSCN1C(=O)c1cncc(Br)c1. The fourth-order valence-corrected chi connectivity index (χ4v) is 3.35. The van der Waals surface area contributed by atoms with E-state index < -0.39 is 0 Å². The van der Waals surface area contributed by atoms with Crippen molar-refractivity contribution < 1.29 is 9.59 Å². The number of nitrogens with zero attached hydrogens (tertiary/aromatic N) is 3. The van der Waals surface area contributed by atoms with Crippen molar-refractivity contribution in [2.24, 2.45) is 0 Å². The van der Waals surface area contributed by atoms with Crippen molar-refractivity contribution in [3.05, 3.63) is 28.5 Å². The van der Waals surface area contributed by atoms with E-state index in [4.69, 9.17) is 0 Å². The molecule has 0 N–H and O–H groups in total. The summed E-state index contributed by atoms with van der Waals surface area (Å²) in [5.74, 6) is 0.986. The highest BCUT2D eigenvalue weighted by Gasteiger charge is 2.35. The van der Waals surface area contributed by atoms with Gasteiger partial charge in [-0.3, -0.25) is 14.6 Å². The number of pyridine rings is 1. The molecule has 1 unspecified atom stereocenters. The maximum absolute atomic E-state index is 12.4. The van der Waals surface area contributed by atoms with E-state index in [1.54, 1.807) is 43.0 Å². The van der Waals surface area contributed by atoms with Gasteiger partial charge in [-0.1, -0.05) is 0 Å². The maximum Gasteiger partial charge on any atom is 0.256 e. The molecule has 1 fully saturated rings. The van der Waals surface area contributed by atoms with Crippen LogP contribution in [0.1, 0.15) is 10.4 Å². The van der Waals surface area contributed by atoms with E-state index in [2.05, 4.69) is 20.9 Å². The van der Waals surface area contributed by atoms with Crippen LogP contribution in [-0.2, 0) is 4.79 Å². The van der Waals surface area contributed by atoms with Gasteiger partial charge in [-0.15, -0.1) is 11.8 Å². The third-order valence-electron chi connectivity index (χ3n) is 2.82. The van der Waals surface area contributed by atoms with E-state index in [1.807, 2.05) is 0 Å². The van der Waals surface area contributed by atoms with E-state index in [1.165, 1.54) is 11.1 Å². The number of thioether (sulfide) groups is 1. The summed E-state index contributed by atoms with van der Waals surface area (Å²) in [5.41, 5.74) is 0.494. The number of aromatic nitrogens is 1. The maximum atomic E-state index is 12.4. The molecule has 19 heavy (non-hydrogen) atoms. The molecule has 1 aliphatic heterocycles. The molecule has 102 valence electrons. The van der Waals surface area contributed by atoms with Crippen molar-refractivity contribution in [1.82, 2.24) is 14.8 Å². The fraction of sp³-hybridized carbons (Fsp3) is 0.417. The van der Waals surface area contributed by atoms with Crippen LogP contribution in [0.15, 0.2) is 22.9 Å². The van der Waals surface area contributed by atoms with Crippen LogP contribution in [0.2, 0.25) is 0 Å². The van der Waals surface area contributed by atoms with Gasteiger partial charge >= 0.3 is 0 Å². The van der Waals surface area contributed by atoms with Crippen molar-refractivity contribution >= 4 is 39.5 Å². The molecule has 0 saturated carbocycles. The Morgan fingerprint density at radius 3 is 2.84 bits per heavy atom. The van der Waals surface area contributed by atoms with Gasteiger partial charge in [0.05, 0.1) is 11.4 Å². The molecule has 1 aromatic heterocycles. The van der Waals surface area contributed by atoms with E-state index in [9.17, 15) is 9.59 Å². The quantitative estimate of drug-likeness (QED) is 0.815. The monoisotopic (exact) mass is 343 g/mol. The molecule has 2 amide bonds. The highest BCUT2D eigenvalue weighted by molar-refractivity contribution is 9.10. The summed E-state index contributed by atoms with van der Waals surface area (Å²) < 4.78 is 0.751. The Hall–Kier alpha value is -1.08. The first-order chi connectivity index (χ1) is 9.00. The summed E-state index contributed by atoms with van der Waals surface area (Å²) in [5, 5.41) is 0. The van der Waals surface area contributed by atoms with Crippen LogP contribution in [0.25, 0.3) is 0 Å². The Kier molecular flexibility index (Phi) is 4.46. The van der Waals surface area contributed by atoms with Gasteiger partial charge in [0.15, 0.2) is 0 Å². The normalized spacial score (nSPS) is 18.5. The number of amides is 2. The largest absolute Gasteiger partial charge is 0.347 e. The van der Waals surface area contributed by atoms with E-state index >= 15 is 0 Å². The van der Waals surface area contributed by atoms with Crippen molar-refractivity contribution in [3.8, 4) is 0 Å². The lowest BCUT2D eigenvalue weighted by atomic mass is 10.2. The van der Waals surface area contributed by atoms with Crippen molar-refractivity contribution in [2.45, 2.75) is 6.04 Å². The molecule has 5 nitrogen and oxygen atoms in total. The van der Waals surface area contributed by atoms with Crippen molar-refractivity contribution in [1.29, 1.82) is 0 Å². The topological polar surface area (TPSA) is 53.5 Å². The average molecular weight is 344 g/mol. The second-order valence-electron chi connectivity index (χ2n) is 4.42. The van der Waals surface area contributed by atoms with Crippen molar-refractivity contribution in [2.75, 3.05) is 25.7 Å². The minimum absolute atomic E-state index is 0.0405. The molecule has 0 radical (unpaired) electrons. The summed E-state index contributed by atoms with van der Waals surface area (Å²) in [6.07, 6.45) is 3.14. The molecule has 0 aliphatic carbocycles. The lowest BCUT2D eigenvalue weighted by molar-refractivity contribution is -0.132. The van der Waals surface area contributed by atoms with Crippen LogP contribution in [0.4, 0.5) is 0 Å². The third-order valence-corrected chi connectivity index (χ3v) is 4.27. The van der Waals surface area contributed by atoms with Crippen LogP contribution in [-0.4, -0.2) is 58.4 Å². The predicted molar refractivity (Wildman–Crippen MR) is 77.9 cm³/mol. The third kappa shape index (κ3) is 3.09. The molecule has 0 aromatic carbocycles. The zero-order valence-corrected chi connectivity index (χ0v) is 13.1.